The second kappa shape index (κ2) is 5.39. The summed E-state index contributed by atoms with van der Waals surface area (Å²) in [6.45, 7) is 1.88. The predicted molar refractivity (Wildman–Crippen MR) is 79.9 cm³/mol. The maximum absolute atomic E-state index is 6.37. The highest BCUT2D eigenvalue weighted by molar-refractivity contribution is 6.31. The first-order valence-corrected chi connectivity index (χ1v) is 7.96. The van der Waals surface area contributed by atoms with E-state index in [0.29, 0.717) is 12.1 Å². The van der Waals surface area contributed by atoms with Crippen molar-refractivity contribution >= 4 is 11.6 Å². The van der Waals surface area contributed by atoms with Gasteiger partial charge in [0, 0.05) is 11.1 Å². The summed E-state index contributed by atoms with van der Waals surface area (Å²) in [6.07, 6.45) is 4.74. The summed E-state index contributed by atoms with van der Waals surface area (Å²) in [7, 11) is 0. The fourth-order valence-electron chi connectivity index (χ4n) is 3.21. The van der Waals surface area contributed by atoms with Crippen LogP contribution in [0.2, 0.25) is 5.02 Å². The predicted octanol–water partition coefficient (Wildman–Crippen LogP) is 3.00. The van der Waals surface area contributed by atoms with E-state index in [-0.39, 0.29) is 0 Å². The smallest absolute Gasteiger partial charge is 0.165 e. The molecule has 1 atom stereocenters. The molecule has 1 unspecified atom stereocenters. The van der Waals surface area contributed by atoms with Crippen LogP contribution in [0.1, 0.15) is 49.2 Å². The minimum atomic E-state index is 0.378. The fraction of sp³-hybridized carbons (Fsp3) is 0.533. The summed E-state index contributed by atoms with van der Waals surface area (Å²) in [4.78, 5) is 2.45. The highest BCUT2D eigenvalue weighted by Gasteiger charge is 2.32. The van der Waals surface area contributed by atoms with Gasteiger partial charge in [-0.25, -0.2) is 4.68 Å². The van der Waals surface area contributed by atoms with Gasteiger partial charge in [-0.15, -0.1) is 5.10 Å². The van der Waals surface area contributed by atoms with Crippen LogP contribution < -0.4 is 0 Å². The van der Waals surface area contributed by atoms with Gasteiger partial charge in [0.2, 0.25) is 0 Å². The maximum atomic E-state index is 6.37. The number of tetrazole rings is 1. The van der Waals surface area contributed by atoms with Crippen molar-refractivity contribution in [2.24, 2.45) is 0 Å². The first kappa shape index (κ1) is 13.2. The number of nitrogens with zero attached hydrogens (tertiary/aromatic N) is 5. The molecule has 21 heavy (non-hydrogen) atoms. The summed E-state index contributed by atoms with van der Waals surface area (Å²) < 4.78 is 2.00. The number of halogens is 1. The van der Waals surface area contributed by atoms with Crippen molar-refractivity contribution in [2.45, 2.75) is 44.3 Å². The van der Waals surface area contributed by atoms with Crippen LogP contribution in [0.25, 0.3) is 0 Å². The molecule has 0 amide bonds. The normalized spacial score (nSPS) is 22.8. The molecule has 5 nitrogen and oxygen atoms in total. The van der Waals surface area contributed by atoms with Gasteiger partial charge in [0.05, 0.1) is 12.6 Å². The van der Waals surface area contributed by atoms with Crippen molar-refractivity contribution in [3.05, 3.63) is 40.7 Å². The van der Waals surface area contributed by atoms with Gasteiger partial charge >= 0.3 is 0 Å². The number of aromatic nitrogens is 4. The van der Waals surface area contributed by atoms with E-state index in [1.807, 2.05) is 16.8 Å². The zero-order valence-electron chi connectivity index (χ0n) is 11.8. The summed E-state index contributed by atoms with van der Waals surface area (Å²) in [5.74, 6) is 0.983. The van der Waals surface area contributed by atoms with E-state index < -0.39 is 0 Å². The van der Waals surface area contributed by atoms with Gasteiger partial charge in [-0.1, -0.05) is 29.8 Å². The monoisotopic (exact) mass is 303 g/mol. The number of hydrogen-bond acceptors (Lipinski definition) is 4. The average molecular weight is 304 g/mol. The zero-order chi connectivity index (χ0) is 14.2. The molecule has 6 heteroatoms. The molecule has 2 aromatic rings. The van der Waals surface area contributed by atoms with Gasteiger partial charge < -0.3 is 0 Å². The number of rotatable bonds is 4. The molecule has 0 radical (unpaired) electrons. The summed E-state index contributed by atoms with van der Waals surface area (Å²) in [5.41, 5.74) is 1.22. The van der Waals surface area contributed by atoms with Gasteiger partial charge in [0.25, 0.3) is 0 Å². The molecule has 2 heterocycles. The Hall–Kier alpha value is -1.46. The van der Waals surface area contributed by atoms with Gasteiger partial charge in [0.1, 0.15) is 0 Å². The maximum Gasteiger partial charge on any atom is 0.165 e. The van der Waals surface area contributed by atoms with Crippen LogP contribution in [-0.4, -0.2) is 31.7 Å². The Balaban J connectivity index is 1.56. The van der Waals surface area contributed by atoms with E-state index in [4.69, 9.17) is 11.6 Å². The lowest BCUT2D eigenvalue weighted by atomic mass is 10.0. The van der Waals surface area contributed by atoms with E-state index in [1.165, 1.54) is 24.8 Å². The SMILES string of the molecule is Clc1ccccc1C1CCCN1Cc1nnnn1C1CC1. The molecule has 1 aromatic heterocycles. The molecular formula is C15H18ClN5. The summed E-state index contributed by atoms with van der Waals surface area (Å²) in [5, 5.41) is 13.1. The third kappa shape index (κ3) is 2.56. The highest BCUT2D eigenvalue weighted by atomic mass is 35.5. The van der Waals surface area contributed by atoms with Crippen molar-refractivity contribution in [2.75, 3.05) is 6.54 Å². The molecule has 1 aliphatic carbocycles. The third-order valence-electron chi connectivity index (χ3n) is 4.43. The largest absolute Gasteiger partial charge is 0.289 e. The standard InChI is InChI=1S/C15H18ClN5/c16-13-5-2-1-4-12(13)14-6-3-9-20(14)10-15-17-18-19-21(15)11-7-8-11/h1-2,4-5,11,14H,3,6-10H2. The van der Waals surface area contributed by atoms with E-state index in [2.05, 4.69) is 32.6 Å². The van der Waals surface area contributed by atoms with Crippen molar-refractivity contribution < 1.29 is 0 Å². The molecule has 4 rings (SSSR count). The van der Waals surface area contributed by atoms with Crippen LogP contribution in [0, 0.1) is 0 Å². The van der Waals surface area contributed by atoms with Crippen LogP contribution in [0.5, 0.6) is 0 Å². The Morgan fingerprint density at radius 1 is 1.19 bits per heavy atom. The third-order valence-corrected chi connectivity index (χ3v) is 4.77. The lowest BCUT2D eigenvalue weighted by molar-refractivity contribution is 0.237. The van der Waals surface area contributed by atoms with Crippen LogP contribution in [0.3, 0.4) is 0 Å². The highest BCUT2D eigenvalue weighted by Crippen LogP contribution is 2.38. The van der Waals surface area contributed by atoms with Crippen LogP contribution in [0.4, 0.5) is 0 Å². The molecular weight excluding hydrogens is 286 g/mol. The molecule has 1 saturated heterocycles. The lowest BCUT2D eigenvalue weighted by Crippen LogP contribution is -2.25. The number of benzene rings is 1. The van der Waals surface area contributed by atoms with E-state index in [1.54, 1.807) is 0 Å². The van der Waals surface area contributed by atoms with Crippen molar-refractivity contribution in [3.8, 4) is 0 Å². The van der Waals surface area contributed by atoms with Gasteiger partial charge in [-0.2, -0.15) is 0 Å². The average Bonchev–Trinajstić information content (AvgIpc) is 3.06. The van der Waals surface area contributed by atoms with Crippen LogP contribution >= 0.6 is 11.6 Å². The molecule has 0 spiro atoms. The molecule has 110 valence electrons. The molecule has 0 bridgehead atoms. The van der Waals surface area contributed by atoms with Gasteiger partial charge in [0.15, 0.2) is 5.82 Å². The molecule has 1 aliphatic heterocycles. The Morgan fingerprint density at radius 3 is 2.86 bits per heavy atom. The minimum absolute atomic E-state index is 0.378. The zero-order valence-corrected chi connectivity index (χ0v) is 12.6. The fourth-order valence-corrected chi connectivity index (χ4v) is 3.48. The Bertz CT molecular complexity index is 636. The Morgan fingerprint density at radius 2 is 2.05 bits per heavy atom. The Kier molecular flexibility index (Phi) is 3.39. The van der Waals surface area contributed by atoms with Crippen molar-refractivity contribution in [1.29, 1.82) is 0 Å². The first-order chi connectivity index (χ1) is 10.3. The van der Waals surface area contributed by atoms with Crippen LogP contribution in [0.15, 0.2) is 24.3 Å². The Labute approximate surface area is 128 Å². The topological polar surface area (TPSA) is 46.8 Å². The molecule has 1 saturated carbocycles. The summed E-state index contributed by atoms with van der Waals surface area (Å²) >= 11 is 6.37. The van der Waals surface area contributed by atoms with Crippen molar-refractivity contribution in [3.63, 3.8) is 0 Å². The van der Waals surface area contributed by atoms with E-state index >= 15 is 0 Å². The number of hydrogen-bond donors (Lipinski definition) is 0. The quantitative estimate of drug-likeness (QED) is 0.871. The first-order valence-electron chi connectivity index (χ1n) is 7.58. The van der Waals surface area contributed by atoms with Crippen molar-refractivity contribution in [1.82, 2.24) is 25.1 Å². The second-order valence-electron chi connectivity index (χ2n) is 5.92. The molecule has 2 aliphatic rings. The van der Waals surface area contributed by atoms with Gasteiger partial charge in [-0.3, -0.25) is 4.90 Å². The van der Waals surface area contributed by atoms with Gasteiger partial charge in [-0.05, 0) is 54.3 Å². The molecule has 1 aromatic carbocycles. The minimum Gasteiger partial charge on any atom is -0.289 e. The second-order valence-corrected chi connectivity index (χ2v) is 6.33. The molecule has 2 fully saturated rings. The van der Waals surface area contributed by atoms with E-state index in [0.717, 1.165) is 30.4 Å². The lowest BCUT2D eigenvalue weighted by Gasteiger charge is -2.25. The molecule has 0 N–H and O–H groups in total. The summed E-state index contributed by atoms with van der Waals surface area (Å²) in [6, 6.07) is 9.06. The number of likely N-dealkylation sites (tertiary alicyclic amines) is 1. The van der Waals surface area contributed by atoms with Crippen LogP contribution in [-0.2, 0) is 6.54 Å². The van der Waals surface area contributed by atoms with E-state index in [9.17, 15) is 0 Å².